The largest absolute Gasteiger partial charge is 0.394 e. The molecule has 14 heteroatoms. The summed E-state index contributed by atoms with van der Waals surface area (Å²) in [5.74, 6) is -0.550. The molecule has 2 saturated heterocycles. The Balaban J connectivity index is 1.12. The van der Waals surface area contributed by atoms with Gasteiger partial charge < -0.3 is 69.6 Å². The molecule has 54 heavy (non-hydrogen) atoms. The summed E-state index contributed by atoms with van der Waals surface area (Å²) >= 11 is 0. The molecule has 4 aliphatic carbocycles. The van der Waals surface area contributed by atoms with E-state index in [-0.39, 0.29) is 36.7 Å². The zero-order valence-electron chi connectivity index (χ0n) is 32.8. The molecule has 14 nitrogen and oxygen atoms in total. The highest BCUT2D eigenvalue weighted by atomic mass is 16.7. The molecule has 20 atom stereocenters. The second-order valence-corrected chi connectivity index (χ2v) is 18.4. The van der Waals surface area contributed by atoms with Gasteiger partial charge in [-0.3, -0.25) is 0 Å². The van der Waals surface area contributed by atoms with Gasteiger partial charge in [-0.1, -0.05) is 47.1 Å². The molecular formula is C40H68O14. The van der Waals surface area contributed by atoms with Crippen LogP contribution in [0, 0.1) is 46.3 Å². The van der Waals surface area contributed by atoms with Crippen LogP contribution in [0.5, 0.6) is 0 Å². The Kier molecular flexibility index (Phi) is 13.0. The molecule has 2 aliphatic heterocycles. The number of aliphatic hydroxyl groups excluding tert-OH is 8. The second kappa shape index (κ2) is 16.4. The third kappa shape index (κ3) is 7.38. The van der Waals surface area contributed by atoms with Crippen LogP contribution in [0.25, 0.3) is 0 Å². The van der Waals surface area contributed by atoms with E-state index >= 15 is 0 Å². The van der Waals surface area contributed by atoms with Crippen molar-refractivity contribution in [2.45, 2.75) is 165 Å². The molecule has 0 spiro atoms. The third-order valence-electron chi connectivity index (χ3n) is 15.1. The fourth-order valence-corrected chi connectivity index (χ4v) is 12.2. The first-order valence-corrected chi connectivity index (χ1v) is 20.3. The Bertz CT molecular complexity index is 1300. The predicted octanol–water partition coefficient (Wildman–Crippen LogP) is 0.605. The van der Waals surface area contributed by atoms with Crippen LogP contribution in [0.3, 0.4) is 0 Å². The lowest BCUT2D eigenvalue weighted by molar-refractivity contribution is -0.285. The Hall–Kier alpha value is -0.820. The Morgan fingerprint density at radius 3 is 2.24 bits per heavy atom. The minimum atomic E-state index is -1.41. The van der Waals surface area contributed by atoms with Gasteiger partial charge in [-0.05, 0) is 84.5 Å². The van der Waals surface area contributed by atoms with Gasteiger partial charge in [-0.2, -0.15) is 0 Å². The van der Waals surface area contributed by atoms with Gasteiger partial charge in [0.25, 0.3) is 0 Å². The highest BCUT2D eigenvalue weighted by Crippen LogP contribution is 2.69. The summed E-state index contributed by atoms with van der Waals surface area (Å²) in [4.78, 5) is 0. The van der Waals surface area contributed by atoms with Crippen LogP contribution in [0.15, 0.2) is 11.6 Å². The van der Waals surface area contributed by atoms with Crippen molar-refractivity contribution in [3.8, 4) is 0 Å². The standard InChI is InChI=1S/C40H68O14/c1-19(2)21(11-14-51-36-33(48)30(45)26(17-41)54-36)8-7-20(3)28-31(46)32(47)35-39(28,5)13-10-27-38(4)12-9-22(15-23(38)24(42)16-40(27,35)49)53-37-34(50-6)29(44)25(43)18-52-37/h15,19-22,24-37,41-49H,7-14,16-18H2,1-6H3. The number of ether oxygens (including phenoxy) is 5. The van der Waals surface area contributed by atoms with Gasteiger partial charge in [-0.15, -0.1) is 0 Å². The van der Waals surface area contributed by atoms with Crippen molar-refractivity contribution in [2.75, 3.05) is 26.9 Å². The van der Waals surface area contributed by atoms with Crippen LogP contribution in [0.1, 0.15) is 86.0 Å². The van der Waals surface area contributed by atoms with E-state index in [9.17, 15) is 46.0 Å². The molecule has 6 rings (SSSR count). The third-order valence-corrected chi connectivity index (χ3v) is 15.1. The van der Waals surface area contributed by atoms with Crippen molar-refractivity contribution in [3.05, 3.63) is 11.6 Å². The van der Waals surface area contributed by atoms with Crippen LogP contribution in [-0.2, 0) is 23.7 Å². The van der Waals surface area contributed by atoms with Gasteiger partial charge in [0, 0.05) is 19.4 Å². The fourth-order valence-electron chi connectivity index (χ4n) is 12.2. The normalized spacial score (nSPS) is 50.3. The molecule has 0 aromatic rings. The summed E-state index contributed by atoms with van der Waals surface area (Å²) < 4.78 is 28.6. The fraction of sp³-hybridized carbons (Fsp3) is 0.950. The number of aliphatic hydroxyl groups is 9. The average Bonchev–Trinajstić information content (AvgIpc) is 3.51. The number of rotatable bonds is 13. The lowest BCUT2D eigenvalue weighted by atomic mass is 9.43. The first kappa shape index (κ1) is 42.8. The molecule has 0 amide bonds. The molecule has 312 valence electrons. The van der Waals surface area contributed by atoms with Gasteiger partial charge in [0.1, 0.15) is 36.6 Å². The maximum atomic E-state index is 12.8. The van der Waals surface area contributed by atoms with Gasteiger partial charge in [0.2, 0.25) is 0 Å². The van der Waals surface area contributed by atoms with E-state index in [4.69, 9.17) is 23.7 Å². The quantitative estimate of drug-likeness (QED) is 0.117. The van der Waals surface area contributed by atoms with Crippen molar-refractivity contribution in [2.24, 2.45) is 46.3 Å². The maximum Gasteiger partial charge on any atom is 0.187 e. The zero-order chi connectivity index (χ0) is 39.5. The van der Waals surface area contributed by atoms with Crippen molar-refractivity contribution < 1.29 is 69.6 Å². The van der Waals surface area contributed by atoms with E-state index in [1.54, 1.807) is 0 Å². The summed E-state index contributed by atoms with van der Waals surface area (Å²) in [5.41, 5.74) is -1.77. The van der Waals surface area contributed by atoms with Gasteiger partial charge >= 0.3 is 0 Å². The molecule has 6 aliphatic rings. The van der Waals surface area contributed by atoms with Crippen molar-refractivity contribution in [1.29, 1.82) is 0 Å². The highest BCUT2D eigenvalue weighted by molar-refractivity contribution is 5.33. The molecule has 9 N–H and O–H groups in total. The first-order valence-electron chi connectivity index (χ1n) is 20.3. The topological polar surface area (TPSA) is 228 Å². The van der Waals surface area contributed by atoms with Crippen LogP contribution < -0.4 is 0 Å². The van der Waals surface area contributed by atoms with Crippen molar-refractivity contribution in [1.82, 2.24) is 0 Å². The zero-order valence-corrected chi connectivity index (χ0v) is 32.8. The molecular weight excluding hydrogens is 704 g/mol. The molecule has 0 bridgehead atoms. The monoisotopic (exact) mass is 772 g/mol. The maximum absolute atomic E-state index is 12.8. The molecule has 5 fully saturated rings. The van der Waals surface area contributed by atoms with Crippen LogP contribution in [-0.4, -0.2) is 152 Å². The summed E-state index contributed by atoms with van der Waals surface area (Å²) in [7, 11) is 1.42. The van der Waals surface area contributed by atoms with E-state index in [0.717, 1.165) is 18.4 Å². The van der Waals surface area contributed by atoms with E-state index in [2.05, 4.69) is 34.6 Å². The van der Waals surface area contributed by atoms with E-state index in [1.165, 1.54) is 7.11 Å². The molecule has 3 saturated carbocycles. The minimum absolute atomic E-state index is 0.0251. The predicted molar refractivity (Wildman–Crippen MR) is 193 cm³/mol. The smallest absolute Gasteiger partial charge is 0.187 e. The Labute approximate surface area is 319 Å². The van der Waals surface area contributed by atoms with E-state index < -0.39 is 103 Å². The van der Waals surface area contributed by atoms with Crippen molar-refractivity contribution in [3.63, 3.8) is 0 Å². The lowest BCUT2D eigenvalue weighted by Gasteiger charge is -2.64. The number of fused-ring (bicyclic) bond motifs is 5. The van der Waals surface area contributed by atoms with E-state index in [0.29, 0.717) is 44.6 Å². The molecule has 0 aromatic heterocycles. The number of methoxy groups -OCH3 is 1. The number of hydrogen-bond donors (Lipinski definition) is 9. The molecule has 0 aromatic carbocycles. The number of hydrogen-bond acceptors (Lipinski definition) is 14. The highest BCUT2D eigenvalue weighted by Gasteiger charge is 2.72. The Morgan fingerprint density at radius 2 is 1.59 bits per heavy atom. The second-order valence-electron chi connectivity index (χ2n) is 18.4. The van der Waals surface area contributed by atoms with Crippen molar-refractivity contribution >= 4 is 0 Å². The first-order chi connectivity index (χ1) is 25.4. The summed E-state index contributed by atoms with van der Waals surface area (Å²) in [6.07, 6.45) is -5.12. The summed E-state index contributed by atoms with van der Waals surface area (Å²) in [6.45, 7) is 10.4. The SMILES string of the molecule is COC1C(OC2C=C3C(O)CC4(O)C(CCC5(C)C(C(C)CCC(CCOC6OC(CO)C(O)C6O)C(C)C)C(O)C(O)C54)C3(C)CC2)OCC(O)C1O. The summed E-state index contributed by atoms with van der Waals surface area (Å²) in [6, 6.07) is 0. The van der Waals surface area contributed by atoms with Crippen LogP contribution >= 0.6 is 0 Å². The van der Waals surface area contributed by atoms with Crippen LogP contribution in [0.2, 0.25) is 0 Å². The van der Waals surface area contributed by atoms with Gasteiger partial charge in [0.05, 0.1) is 49.8 Å². The summed E-state index contributed by atoms with van der Waals surface area (Å²) in [5, 5.41) is 98.4. The van der Waals surface area contributed by atoms with Crippen LogP contribution in [0.4, 0.5) is 0 Å². The van der Waals surface area contributed by atoms with E-state index in [1.807, 2.05) is 6.08 Å². The lowest BCUT2D eigenvalue weighted by Crippen LogP contribution is -2.66. The molecule has 2 heterocycles. The Morgan fingerprint density at radius 1 is 0.870 bits per heavy atom. The average molecular weight is 773 g/mol. The minimum Gasteiger partial charge on any atom is -0.394 e. The molecule has 20 unspecified atom stereocenters. The molecule has 0 radical (unpaired) electrons. The van der Waals surface area contributed by atoms with Gasteiger partial charge in [0.15, 0.2) is 12.6 Å². The van der Waals surface area contributed by atoms with Gasteiger partial charge in [-0.25, -0.2) is 0 Å².